The lowest BCUT2D eigenvalue weighted by Crippen LogP contribution is -2.37. The van der Waals surface area contributed by atoms with E-state index in [2.05, 4.69) is 5.10 Å². The van der Waals surface area contributed by atoms with Crippen molar-refractivity contribution >= 4 is 12.3 Å². The van der Waals surface area contributed by atoms with Crippen molar-refractivity contribution in [1.82, 2.24) is 4.90 Å². The average molecular weight is 171 g/mol. The molecule has 0 spiro atoms. The molecule has 0 aromatic rings. The largest absolute Gasteiger partial charge is 0.481 e. The van der Waals surface area contributed by atoms with Gasteiger partial charge in [0.05, 0.1) is 5.92 Å². The predicted octanol–water partition coefficient (Wildman–Crippen LogP) is -0.315. The van der Waals surface area contributed by atoms with Crippen LogP contribution < -0.4 is 5.84 Å². The molecule has 3 N–H and O–H groups in total. The first-order valence-electron chi connectivity index (χ1n) is 3.94. The summed E-state index contributed by atoms with van der Waals surface area (Å²) in [6, 6.07) is 0. The van der Waals surface area contributed by atoms with Gasteiger partial charge in [0.15, 0.2) is 0 Å². The molecule has 0 aromatic carbocycles. The van der Waals surface area contributed by atoms with Crippen LogP contribution in [0.4, 0.5) is 0 Å². The van der Waals surface area contributed by atoms with Crippen LogP contribution in [0.3, 0.4) is 0 Å². The highest BCUT2D eigenvalue weighted by Gasteiger charge is 2.23. The molecule has 5 nitrogen and oxygen atoms in total. The molecule has 0 radical (unpaired) electrons. The van der Waals surface area contributed by atoms with Crippen LogP contribution in [0.1, 0.15) is 12.8 Å². The summed E-state index contributed by atoms with van der Waals surface area (Å²) in [4.78, 5) is 12.4. The Morgan fingerprint density at radius 1 is 1.75 bits per heavy atom. The zero-order valence-electron chi connectivity index (χ0n) is 6.81. The van der Waals surface area contributed by atoms with Crippen molar-refractivity contribution in [2.24, 2.45) is 16.9 Å². The Kier molecular flexibility index (Phi) is 2.90. The lowest BCUT2D eigenvalue weighted by Gasteiger charge is -2.28. The third kappa shape index (κ3) is 2.11. The van der Waals surface area contributed by atoms with Gasteiger partial charge in [-0.3, -0.25) is 4.79 Å². The van der Waals surface area contributed by atoms with Crippen molar-refractivity contribution in [2.75, 3.05) is 13.1 Å². The van der Waals surface area contributed by atoms with Crippen LogP contribution >= 0.6 is 0 Å². The third-order valence-electron chi connectivity index (χ3n) is 2.03. The van der Waals surface area contributed by atoms with Gasteiger partial charge in [0, 0.05) is 13.1 Å². The Hall–Kier alpha value is -1.26. The molecule has 1 atom stereocenters. The average Bonchev–Trinajstić information content (AvgIpc) is 2.05. The SMILES string of the molecule is NN=CN1CCCC(C(=O)O)C1. The van der Waals surface area contributed by atoms with Gasteiger partial charge in [-0.2, -0.15) is 5.10 Å². The Labute approximate surface area is 70.8 Å². The summed E-state index contributed by atoms with van der Waals surface area (Å²) in [5.41, 5.74) is 0. The maximum Gasteiger partial charge on any atom is 0.308 e. The summed E-state index contributed by atoms with van der Waals surface area (Å²) in [6.07, 6.45) is 3.14. The van der Waals surface area contributed by atoms with Crippen molar-refractivity contribution < 1.29 is 9.90 Å². The van der Waals surface area contributed by atoms with Gasteiger partial charge in [0.2, 0.25) is 0 Å². The van der Waals surface area contributed by atoms with Crippen molar-refractivity contribution in [3.05, 3.63) is 0 Å². The highest BCUT2D eigenvalue weighted by atomic mass is 16.4. The van der Waals surface area contributed by atoms with E-state index in [4.69, 9.17) is 10.9 Å². The quantitative estimate of drug-likeness (QED) is 0.258. The molecule has 1 unspecified atom stereocenters. The van der Waals surface area contributed by atoms with Crippen molar-refractivity contribution in [3.63, 3.8) is 0 Å². The van der Waals surface area contributed by atoms with Crippen LogP contribution in [0.2, 0.25) is 0 Å². The number of nitrogens with two attached hydrogens (primary N) is 1. The minimum atomic E-state index is -0.731. The zero-order chi connectivity index (χ0) is 8.97. The number of carbonyl (C=O) groups is 1. The van der Waals surface area contributed by atoms with Gasteiger partial charge in [0.25, 0.3) is 0 Å². The van der Waals surface area contributed by atoms with E-state index in [1.807, 2.05) is 4.90 Å². The maximum atomic E-state index is 10.6. The van der Waals surface area contributed by atoms with Gasteiger partial charge in [-0.1, -0.05) is 0 Å². The van der Waals surface area contributed by atoms with E-state index >= 15 is 0 Å². The number of hydrazone groups is 1. The van der Waals surface area contributed by atoms with E-state index in [0.717, 1.165) is 19.4 Å². The first kappa shape index (κ1) is 8.83. The fourth-order valence-corrected chi connectivity index (χ4v) is 1.41. The molecule has 1 heterocycles. The molecule has 12 heavy (non-hydrogen) atoms. The number of carboxylic acid groups (broad SMARTS) is 1. The van der Waals surface area contributed by atoms with Crippen LogP contribution in [0, 0.1) is 5.92 Å². The lowest BCUT2D eigenvalue weighted by molar-refractivity contribution is -0.143. The molecule has 1 fully saturated rings. The highest BCUT2D eigenvalue weighted by Crippen LogP contribution is 2.14. The summed E-state index contributed by atoms with van der Waals surface area (Å²) in [6.45, 7) is 1.38. The monoisotopic (exact) mass is 171 g/mol. The second-order valence-corrected chi connectivity index (χ2v) is 2.94. The van der Waals surface area contributed by atoms with Crippen molar-refractivity contribution in [3.8, 4) is 0 Å². The topological polar surface area (TPSA) is 78.9 Å². The zero-order valence-corrected chi connectivity index (χ0v) is 6.81. The number of rotatable bonds is 2. The first-order chi connectivity index (χ1) is 5.74. The summed E-state index contributed by atoms with van der Waals surface area (Å²) < 4.78 is 0. The van der Waals surface area contributed by atoms with E-state index in [1.54, 1.807) is 0 Å². The fraction of sp³-hybridized carbons (Fsp3) is 0.714. The van der Waals surface area contributed by atoms with Crippen molar-refractivity contribution in [1.29, 1.82) is 0 Å². The fourth-order valence-electron chi connectivity index (χ4n) is 1.41. The van der Waals surface area contributed by atoms with Crippen LogP contribution in [-0.2, 0) is 4.79 Å². The molecule has 0 saturated carbocycles. The minimum absolute atomic E-state index is 0.267. The van der Waals surface area contributed by atoms with Gasteiger partial charge in [-0.05, 0) is 12.8 Å². The molecule has 0 amide bonds. The van der Waals surface area contributed by atoms with E-state index in [9.17, 15) is 4.79 Å². The van der Waals surface area contributed by atoms with E-state index in [0.29, 0.717) is 6.54 Å². The summed E-state index contributed by atoms with van der Waals surface area (Å²) in [5, 5.41) is 12.1. The molecule has 68 valence electrons. The van der Waals surface area contributed by atoms with Crippen LogP contribution in [-0.4, -0.2) is 35.4 Å². The van der Waals surface area contributed by atoms with Crippen LogP contribution in [0.25, 0.3) is 0 Å². The van der Waals surface area contributed by atoms with Gasteiger partial charge in [-0.15, -0.1) is 0 Å². The number of likely N-dealkylation sites (tertiary alicyclic amines) is 1. The Morgan fingerprint density at radius 3 is 3.08 bits per heavy atom. The maximum absolute atomic E-state index is 10.6. The molecular weight excluding hydrogens is 158 g/mol. The Morgan fingerprint density at radius 2 is 2.50 bits per heavy atom. The van der Waals surface area contributed by atoms with E-state index in [1.165, 1.54) is 6.34 Å². The molecule has 5 heteroatoms. The first-order valence-corrected chi connectivity index (χ1v) is 3.94. The van der Waals surface area contributed by atoms with Gasteiger partial charge < -0.3 is 15.8 Å². The summed E-state index contributed by atoms with van der Waals surface area (Å²) in [5.74, 6) is 3.96. The molecule has 0 aliphatic carbocycles. The third-order valence-corrected chi connectivity index (χ3v) is 2.03. The molecule has 1 saturated heterocycles. The number of hydrogen-bond donors (Lipinski definition) is 2. The van der Waals surface area contributed by atoms with Crippen LogP contribution in [0.15, 0.2) is 5.10 Å². The number of hydrogen-bond acceptors (Lipinski definition) is 3. The molecular formula is C7H13N3O2. The van der Waals surface area contributed by atoms with E-state index < -0.39 is 5.97 Å². The van der Waals surface area contributed by atoms with Gasteiger partial charge >= 0.3 is 5.97 Å². The second kappa shape index (κ2) is 3.94. The number of aliphatic carboxylic acids is 1. The minimum Gasteiger partial charge on any atom is -0.481 e. The number of nitrogens with zero attached hydrogens (tertiary/aromatic N) is 2. The second-order valence-electron chi connectivity index (χ2n) is 2.94. The highest BCUT2D eigenvalue weighted by molar-refractivity contribution is 5.71. The van der Waals surface area contributed by atoms with Gasteiger partial charge in [-0.25, -0.2) is 0 Å². The molecule has 1 aliphatic heterocycles. The van der Waals surface area contributed by atoms with Gasteiger partial charge in [0.1, 0.15) is 6.34 Å². The Bertz CT molecular complexity index is 193. The predicted molar refractivity (Wildman–Crippen MR) is 44.6 cm³/mol. The molecule has 0 bridgehead atoms. The Balaban J connectivity index is 2.45. The molecule has 1 aliphatic rings. The summed E-state index contributed by atoms with van der Waals surface area (Å²) in [7, 11) is 0. The van der Waals surface area contributed by atoms with Crippen molar-refractivity contribution in [2.45, 2.75) is 12.8 Å². The standard InChI is InChI=1S/C7H13N3O2/c8-9-5-10-3-1-2-6(4-10)7(11)12/h5-6H,1-4,8H2,(H,11,12). The molecule has 1 rings (SSSR count). The normalized spacial score (nSPS) is 24.7. The number of carboxylic acids is 1. The van der Waals surface area contributed by atoms with E-state index in [-0.39, 0.29) is 5.92 Å². The van der Waals surface area contributed by atoms with Crippen LogP contribution in [0.5, 0.6) is 0 Å². The lowest BCUT2D eigenvalue weighted by atomic mass is 9.99. The summed E-state index contributed by atoms with van der Waals surface area (Å²) >= 11 is 0. The smallest absolute Gasteiger partial charge is 0.308 e. The molecule has 0 aromatic heterocycles. The number of piperidine rings is 1.